The first-order chi connectivity index (χ1) is 10.5. The molecule has 1 aromatic carbocycles. The molecule has 0 aromatic heterocycles. The van der Waals surface area contributed by atoms with Crippen molar-refractivity contribution in [3.63, 3.8) is 0 Å². The maximum Gasteiger partial charge on any atom is 0.326 e. The van der Waals surface area contributed by atoms with Crippen molar-refractivity contribution in [3.05, 3.63) is 28.2 Å². The number of carbonyl (C=O) groups is 2. The lowest BCUT2D eigenvalue weighted by atomic mass is 10.1. The molecule has 5 nitrogen and oxygen atoms in total. The number of carbonyl (C=O) groups excluding carboxylic acids is 1. The number of unbranched alkanes of at least 4 members (excludes halogenated alkanes) is 1. The fourth-order valence-corrected chi connectivity index (χ4v) is 2.64. The predicted octanol–water partition coefficient (Wildman–Crippen LogP) is 3.15. The number of ether oxygens (including phenoxy) is 1. The van der Waals surface area contributed by atoms with Gasteiger partial charge in [-0.2, -0.15) is 0 Å². The highest BCUT2D eigenvalue weighted by atomic mass is 79.9. The lowest BCUT2D eigenvalue weighted by Crippen LogP contribution is -2.40. The number of carboxylic acids is 1. The lowest BCUT2D eigenvalue weighted by Gasteiger charge is -2.14. The second-order valence-electron chi connectivity index (χ2n) is 5.07. The number of carboxylic acid groups (broad SMARTS) is 1. The number of nitrogens with one attached hydrogen (secondary N) is 1. The van der Waals surface area contributed by atoms with Gasteiger partial charge in [0.05, 0.1) is 11.6 Å². The largest absolute Gasteiger partial charge is 0.496 e. The second kappa shape index (κ2) is 9.46. The summed E-state index contributed by atoms with van der Waals surface area (Å²) in [6.07, 6.45) is 2.96. The average molecular weight is 372 g/mol. The minimum atomic E-state index is -0.978. The van der Waals surface area contributed by atoms with Gasteiger partial charge in [0.25, 0.3) is 0 Å². The van der Waals surface area contributed by atoms with Gasteiger partial charge in [-0.1, -0.05) is 25.8 Å². The average Bonchev–Trinajstić information content (AvgIpc) is 2.49. The molecule has 22 heavy (non-hydrogen) atoms. The topological polar surface area (TPSA) is 75.6 Å². The van der Waals surface area contributed by atoms with Crippen molar-refractivity contribution in [1.29, 1.82) is 0 Å². The van der Waals surface area contributed by atoms with Gasteiger partial charge in [-0.05, 0) is 46.5 Å². The molecule has 1 amide bonds. The van der Waals surface area contributed by atoms with Crippen molar-refractivity contribution in [1.82, 2.24) is 5.32 Å². The van der Waals surface area contributed by atoms with Crippen LogP contribution in [-0.4, -0.2) is 30.1 Å². The van der Waals surface area contributed by atoms with E-state index >= 15 is 0 Å². The van der Waals surface area contributed by atoms with Gasteiger partial charge >= 0.3 is 5.97 Å². The first-order valence-electron chi connectivity index (χ1n) is 7.32. The van der Waals surface area contributed by atoms with E-state index in [2.05, 4.69) is 21.2 Å². The molecule has 0 saturated carbocycles. The monoisotopic (exact) mass is 371 g/mol. The van der Waals surface area contributed by atoms with Crippen molar-refractivity contribution in [2.45, 2.75) is 45.1 Å². The molecule has 0 saturated heterocycles. The van der Waals surface area contributed by atoms with E-state index in [9.17, 15) is 9.59 Å². The molecule has 1 unspecified atom stereocenters. The molecule has 0 radical (unpaired) electrons. The summed E-state index contributed by atoms with van der Waals surface area (Å²) in [7, 11) is 1.59. The van der Waals surface area contributed by atoms with Crippen molar-refractivity contribution >= 4 is 27.8 Å². The fraction of sp³-hybridized carbons (Fsp3) is 0.500. The van der Waals surface area contributed by atoms with Crippen LogP contribution in [0.4, 0.5) is 0 Å². The molecular formula is C16H22BrNO4. The van der Waals surface area contributed by atoms with Crippen LogP contribution in [0.3, 0.4) is 0 Å². The Kier molecular flexibility index (Phi) is 7.95. The summed E-state index contributed by atoms with van der Waals surface area (Å²) in [6.45, 7) is 1.99. The van der Waals surface area contributed by atoms with Gasteiger partial charge in [0.2, 0.25) is 5.91 Å². The van der Waals surface area contributed by atoms with Crippen LogP contribution in [0.25, 0.3) is 0 Å². The van der Waals surface area contributed by atoms with Gasteiger partial charge in [0, 0.05) is 6.42 Å². The van der Waals surface area contributed by atoms with Crippen molar-refractivity contribution in [2.75, 3.05) is 7.11 Å². The molecule has 0 bridgehead atoms. The minimum Gasteiger partial charge on any atom is -0.496 e. The van der Waals surface area contributed by atoms with Crippen LogP contribution in [0.2, 0.25) is 0 Å². The van der Waals surface area contributed by atoms with E-state index < -0.39 is 12.0 Å². The van der Waals surface area contributed by atoms with Gasteiger partial charge in [-0.3, -0.25) is 4.79 Å². The van der Waals surface area contributed by atoms with E-state index in [0.29, 0.717) is 12.8 Å². The van der Waals surface area contributed by atoms with Crippen LogP contribution in [0, 0.1) is 0 Å². The molecule has 0 heterocycles. The smallest absolute Gasteiger partial charge is 0.326 e. The summed E-state index contributed by atoms with van der Waals surface area (Å²) in [5, 5.41) is 11.7. The Balaban J connectivity index is 2.51. The van der Waals surface area contributed by atoms with Gasteiger partial charge < -0.3 is 15.2 Å². The Morgan fingerprint density at radius 2 is 2.14 bits per heavy atom. The predicted molar refractivity (Wildman–Crippen MR) is 88.1 cm³/mol. The van der Waals surface area contributed by atoms with E-state index in [4.69, 9.17) is 9.84 Å². The van der Waals surface area contributed by atoms with E-state index in [1.165, 1.54) is 0 Å². The molecular weight excluding hydrogens is 350 g/mol. The number of aryl methyl sites for hydroxylation is 1. The van der Waals surface area contributed by atoms with Gasteiger partial charge in [0.1, 0.15) is 11.8 Å². The minimum absolute atomic E-state index is 0.240. The van der Waals surface area contributed by atoms with E-state index in [1.807, 2.05) is 25.1 Å². The molecule has 1 aromatic rings. The molecule has 122 valence electrons. The summed E-state index contributed by atoms with van der Waals surface area (Å²) in [4.78, 5) is 23.0. The lowest BCUT2D eigenvalue weighted by molar-refractivity contribution is -0.142. The zero-order valence-electron chi connectivity index (χ0n) is 12.9. The first-order valence-corrected chi connectivity index (χ1v) is 8.11. The van der Waals surface area contributed by atoms with Crippen LogP contribution in [0.1, 0.15) is 38.2 Å². The Morgan fingerprint density at radius 3 is 2.68 bits per heavy atom. The quantitative estimate of drug-likeness (QED) is 0.698. The van der Waals surface area contributed by atoms with Gasteiger partial charge in [0.15, 0.2) is 0 Å². The summed E-state index contributed by atoms with van der Waals surface area (Å²) in [6, 6.07) is 4.83. The van der Waals surface area contributed by atoms with E-state index in [-0.39, 0.29) is 12.3 Å². The van der Waals surface area contributed by atoms with Crippen LogP contribution in [-0.2, 0) is 16.0 Å². The Hall–Kier alpha value is -1.56. The highest BCUT2D eigenvalue weighted by molar-refractivity contribution is 9.10. The SMILES string of the molecule is CCCCC(NC(=O)CCc1ccc(OC)c(Br)c1)C(=O)O. The van der Waals surface area contributed by atoms with E-state index in [1.54, 1.807) is 7.11 Å². The molecule has 1 atom stereocenters. The number of hydrogen-bond donors (Lipinski definition) is 2. The molecule has 0 aliphatic heterocycles. The van der Waals surface area contributed by atoms with Crippen molar-refractivity contribution in [3.8, 4) is 5.75 Å². The molecule has 6 heteroatoms. The summed E-state index contributed by atoms with van der Waals surface area (Å²) in [5.74, 6) is -0.483. The van der Waals surface area contributed by atoms with Crippen LogP contribution in [0.15, 0.2) is 22.7 Å². The molecule has 0 aliphatic rings. The number of amides is 1. The van der Waals surface area contributed by atoms with Gasteiger partial charge in [-0.25, -0.2) is 4.79 Å². The maximum atomic E-state index is 11.9. The highest BCUT2D eigenvalue weighted by Crippen LogP contribution is 2.25. The Bertz CT molecular complexity index is 519. The number of aliphatic carboxylic acids is 1. The Labute approximate surface area is 139 Å². The number of rotatable bonds is 9. The molecule has 0 fully saturated rings. The summed E-state index contributed by atoms with van der Waals surface area (Å²) < 4.78 is 5.98. The third kappa shape index (κ3) is 6.05. The van der Waals surface area contributed by atoms with Crippen molar-refractivity contribution in [2.24, 2.45) is 0 Å². The molecule has 0 aliphatic carbocycles. The highest BCUT2D eigenvalue weighted by Gasteiger charge is 2.18. The standard InChI is InChI=1S/C16H22BrNO4/c1-3-4-5-13(16(20)21)18-15(19)9-7-11-6-8-14(22-2)12(17)10-11/h6,8,10,13H,3-5,7,9H2,1-2H3,(H,18,19)(H,20,21). The van der Waals surface area contributed by atoms with E-state index in [0.717, 1.165) is 28.6 Å². The van der Waals surface area contributed by atoms with Gasteiger partial charge in [-0.15, -0.1) is 0 Å². The Morgan fingerprint density at radius 1 is 1.41 bits per heavy atom. The molecule has 0 spiro atoms. The van der Waals surface area contributed by atoms with Crippen LogP contribution in [0.5, 0.6) is 5.75 Å². The normalized spacial score (nSPS) is 11.8. The van der Waals surface area contributed by atoms with Crippen LogP contribution < -0.4 is 10.1 Å². The van der Waals surface area contributed by atoms with Crippen LogP contribution >= 0.6 is 15.9 Å². The second-order valence-corrected chi connectivity index (χ2v) is 5.92. The molecule has 1 rings (SSSR count). The third-order valence-corrected chi connectivity index (χ3v) is 3.96. The zero-order chi connectivity index (χ0) is 16.5. The number of benzene rings is 1. The maximum absolute atomic E-state index is 11.9. The molecule has 2 N–H and O–H groups in total. The number of halogens is 1. The number of methoxy groups -OCH3 is 1. The summed E-state index contributed by atoms with van der Waals surface area (Å²) >= 11 is 3.40. The number of hydrogen-bond acceptors (Lipinski definition) is 3. The van der Waals surface area contributed by atoms with Crippen molar-refractivity contribution < 1.29 is 19.4 Å². The fourth-order valence-electron chi connectivity index (χ4n) is 2.06. The summed E-state index contributed by atoms with van der Waals surface area (Å²) in [5.41, 5.74) is 0.989. The first kappa shape index (κ1) is 18.5. The third-order valence-electron chi connectivity index (χ3n) is 3.34. The zero-order valence-corrected chi connectivity index (χ0v) is 14.5.